The first-order chi connectivity index (χ1) is 11.5. The van der Waals surface area contributed by atoms with Crippen LogP contribution in [0.15, 0.2) is 53.2 Å². The zero-order valence-electron chi connectivity index (χ0n) is 12.9. The molecule has 0 saturated carbocycles. The van der Waals surface area contributed by atoms with Gasteiger partial charge < -0.3 is 9.32 Å². The molecule has 1 aromatic carbocycles. The van der Waals surface area contributed by atoms with Gasteiger partial charge in [-0.15, -0.1) is 0 Å². The molecule has 24 heavy (non-hydrogen) atoms. The van der Waals surface area contributed by atoms with Crippen LogP contribution < -0.4 is 0 Å². The lowest BCUT2D eigenvalue weighted by Gasteiger charge is -2.15. The van der Waals surface area contributed by atoms with Crippen LogP contribution in [-0.4, -0.2) is 27.4 Å². The molecule has 0 aliphatic heterocycles. The van der Waals surface area contributed by atoms with Crippen molar-refractivity contribution in [1.29, 1.82) is 0 Å². The first kappa shape index (κ1) is 15.9. The number of amides is 1. The van der Waals surface area contributed by atoms with Crippen molar-refractivity contribution >= 4 is 23.0 Å². The lowest BCUT2D eigenvalue weighted by Crippen LogP contribution is -2.26. The van der Waals surface area contributed by atoms with Gasteiger partial charge >= 0.3 is 6.55 Å². The molecule has 5 nitrogen and oxygen atoms in total. The van der Waals surface area contributed by atoms with Crippen LogP contribution in [0.25, 0.3) is 17.0 Å². The van der Waals surface area contributed by atoms with Gasteiger partial charge in [-0.2, -0.15) is 8.78 Å². The van der Waals surface area contributed by atoms with Crippen molar-refractivity contribution in [2.75, 3.05) is 7.05 Å². The Balaban J connectivity index is 1.68. The van der Waals surface area contributed by atoms with E-state index in [0.29, 0.717) is 5.76 Å². The van der Waals surface area contributed by atoms with Gasteiger partial charge in [-0.1, -0.05) is 18.2 Å². The quantitative estimate of drug-likeness (QED) is 0.670. The third-order valence-corrected chi connectivity index (χ3v) is 3.55. The van der Waals surface area contributed by atoms with Crippen molar-refractivity contribution < 1.29 is 18.0 Å². The summed E-state index contributed by atoms with van der Waals surface area (Å²) in [6, 6.07) is 9.33. The molecule has 0 atom stereocenters. The number of halogens is 2. The van der Waals surface area contributed by atoms with Crippen LogP contribution in [0.2, 0.25) is 0 Å². The zero-order valence-corrected chi connectivity index (χ0v) is 12.9. The molecule has 124 valence electrons. The van der Waals surface area contributed by atoms with Crippen LogP contribution in [0.1, 0.15) is 18.1 Å². The second-order valence-electron chi connectivity index (χ2n) is 5.24. The summed E-state index contributed by atoms with van der Waals surface area (Å²) in [6.45, 7) is -2.70. The summed E-state index contributed by atoms with van der Waals surface area (Å²) in [5.41, 5.74) is 0.733. The second-order valence-corrected chi connectivity index (χ2v) is 5.24. The topological polar surface area (TPSA) is 51.3 Å². The van der Waals surface area contributed by atoms with Crippen LogP contribution in [0.5, 0.6) is 0 Å². The van der Waals surface area contributed by atoms with E-state index < -0.39 is 6.55 Å². The molecule has 0 radical (unpaired) electrons. The number of alkyl halides is 2. The summed E-state index contributed by atoms with van der Waals surface area (Å²) in [5, 5.41) is 0.942. The summed E-state index contributed by atoms with van der Waals surface area (Å²) >= 11 is 0. The number of carbonyl (C=O) groups excluding carboxylic acids is 1. The Hall–Kier alpha value is -2.96. The number of hydrogen-bond acceptors (Lipinski definition) is 3. The highest BCUT2D eigenvalue weighted by Crippen LogP contribution is 2.20. The largest absolute Gasteiger partial charge is 0.457 e. The lowest BCUT2D eigenvalue weighted by molar-refractivity contribution is -0.125. The Labute approximate surface area is 136 Å². The van der Waals surface area contributed by atoms with Gasteiger partial charge in [0.15, 0.2) is 0 Å². The highest BCUT2D eigenvalue weighted by atomic mass is 19.3. The number of benzene rings is 1. The molecule has 2 aromatic heterocycles. The average molecular weight is 331 g/mol. The Kier molecular flexibility index (Phi) is 4.41. The molecule has 7 heteroatoms. The highest BCUT2D eigenvalue weighted by molar-refractivity contribution is 5.92. The molecular formula is C17H15F2N3O2. The van der Waals surface area contributed by atoms with Crippen molar-refractivity contribution in [3.8, 4) is 0 Å². The van der Waals surface area contributed by atoms with Crippen LogP contribution in [-0.2, 0) is 11.3 Å². The monoisotopic (exact) mass is 331 g/mol. The fourth-order valence-corrected chi connectivity index (χ4v) is 2.30. The number of fused-ring (bicyclic) bond motifs is 1. The average Bonchev–Trinajstić information content (AvgIpc) is 3.18. The molecular weight excluding hydrogens is 316 g/mol. The SMILES string of the molecule is CN(Cc1nccn1C(F)F)C(=O)/C=C/c1cc2ccccc2o1. The van der Waals surface area contributed by atoms with Crippen LogP contribution in [0.4, 0.5) is 8.78 Å². The van der Waals surface area contributed by atoms with E-state index >= 15 is 0 Å². The van der Waals surface area contributed by atoms with E-state index in [-0.39, 0.29) is 18.3 Å². The number of para-hydroxylation sites is 1. The molecule has 1 amide bonds. The van der Waals surface area contributed by atoms with Crippen molar-refractivity contribution in [2.45, 2.75) is 13.1 Å². The molecule has 0 saturated heterocycles. The van der Waals surface area contributed by atoms with Crippen molar-refractivity contribution in [1.82, 2.24) is 14.5 Å². The van der Waals surface area contributed by atoms with Gasteiger partial charge in [-0.3, -0.25) is 9.36 Å². The summed E-state index contributed by atoms with van der Waals surface area (Å²) in [4.78, 5) is 17.3. The number of carbonyl (C=O) groups is 1. The predicted molar refractivity (Wildman–Crippen MR) is 85.2 cm³/mol. The van der Waals surface area contributed by atoms with Gasteiger partial charge in [-0.25, -0.2) is 4.98 Å². The number of aromatic nitrogens is 2. The molecule has 0 bridgehead atoms. The molecule has 3 rings (SSSR count). The van der Waals surface area contributed by atoms with E-state index in [1.165, 1.54) is 30.4 Å². The molecule has 0 unspecified atom stereocenters. The maximum atomic E-state index is 12.8. The Morgan fingerprint density at radius 1 is 1.42 bits per heavy atom. The minimum absolute atomic E-state index is 0.0133. The Morgan fingerprint density at radius 3 is 2.96 bits per heavy atom. The van der Waals surface area contributed by atoms with E-state index in [4.69, 9.17) is 4.42 Å². The number of rotatable bonds is 5. The van der Waals surface area contributed by atoms with Gasteiger partial charge in [0.25, 0.3) is 0 Å². The maximum absolute atomic E-state index is 12.8. The second kappa shape index (κ2) is 6.66. The van der Waals surface area contributed by atoms with E-state index in [1.807, 2.05) is 30.3 Å². The van der Waals surface area contributed by atoms with E-state index in [0.717, 1.165) is 15.5 Å². The Bertz CT molecular complexity index is 850. The van der Waals surface area contributed by atoms with Crippen LogP contribution in [0.3, 0.4) is 0 Å². The standard InChI is InChI=1S/C17H15F2N3O2/c1-21(11-15-20-8-9-22(15)17(18)19)16(23)7-6-13-10-12-4-2-3-5-14(12)24-13/h2-10,17H,11H2,1H3/b7-6+. The smallest absolute Gasteiger partial charge is 0.319 e. The fourth-order valence-electron chi connectivity index (χ4n) is 2.30. The minimum atomic E-state index is -2.68. The van der Waals surface area contributed by atoms with Crippen LogP contribution >= 0.6 is 0 Å². The lowest BCUT2D eigenvalue weighted by atomic mass is 10.2. The summed E-state index contributed by atoms with van der Waals surface area (Å²) < 4.78 is 31.9. The highest BCUT2D eigenvalue weighted by Gasteiger charge is 2.15. The van der Waals surface area contributed by atoms with Crippen LogP contribution in [0, 0.1) is 0 Å². The first-order valence-electron chi connectivity index (χ1n) is 7.26. The first-order valence-corrected chi connectivity index (χ1v) is 7.26. The normalized spacial score (nSPS) is 11.7. The number of furan rings is 1. The summed E-state index contributed by atoms with van der Waals surface area (Å²) in [7, 11) is 1.52. The maximum Gasteiger partial charge on any atom is 0.319 e. The summed E-state index contributed by atoms with van der Waals surface area (Å²) in [5.74, 6) is 0.337. The van der Waals surface area contributed by atoms with Gasteiger partial charge in [-0.05, 0) is 18.2 Å². The molecule has 0 aliphatic rings. The number of hydrogen-bond donors (Lipinski definition) is 0. The zero-order chi connectivity index (χ0) is 17.1. The molecule has 2 heterocycles. The van der Waals surface area contributed by atoms with E-state index in [1.54, 1.807) is 6.08 Å². The van der Waals surface area contributed by atoms with Crippen molar-refractivity contribution in [3.05, 3.63) is 60.4 Å². The number of nitrogens with zero attached hydrogens (tertiary/aromatic N) is 3. The molecule has 0 N–H and O–H groups in total. The van der Waals surface area contributed by atoms with Crippen molar-refractivity contribution in [2.24, 2.45) is 0 Å². The fraction of sp³-hybridized carbons (Fsp3) is 0.176. The molecule has 0 aliphatic carbocycles. The molecule has 3 aromatic rings. The number of likely N-dealkylation sites (N-methyl/N-ethyl adjacent to an activating group) is 1. The van der Waals surface area contributed by atoms with Gasteiger partial charge in [0, 0.05) is 30.9 Å². The van der Waals surface area contributed by atoms with E-state index in [2.05, 4.69) is 4.98 Å². The van der Waals surface area contributed by atoms with Crippen molar-refractivity contribution in [3.63, 3.8) is 0 Å². The Morgan fingerprint density at radius 2 is 2.21 bits per heavy atom. The van der Waals surface area contributed by atoms with Gasteiger partial charge in [0.2, 0.25) is 5.91 Å². The third-order valence-electron chi connectivity index (χ3n) is 3.55. The predicted octanol–water partition coefficient (Wildman–Crippen LogP) is 3.70. The minimum Gasteiger partial charge on any atom is -0.457 e. The van der Waals surface area contributed by atoms with Gasteiger partial charge in [0.1, 0.15) is 17.2 Å². The number of imidazole rings is 1. The van der Waals surface area contributed by atoms with E-state index in [9.17, 15) is 13.6 Å². The third kappa shape index (κ3) is 3.34. The molecule has 0 spiro atoms. The van der Waals surface area contributed by atoms with Gasteiger partial charge in [0.05, 0.1) is 6.54 Å². The molecule has 0 fully saturated rings. The summed E-state index contributed by atoms with van der Waals surface area (Å²) in [6.07, 6.45) is 5.36.